The van der Waals surface area contributed by atoms with Crippen LogP contribution in [0.4, 0.5) is 0 Å². The average Bonchev–Trinajstić information content (AvgIpc) is 2.91. The van der Waals surface area contributed by atoms with Gasteiger partial charge in [-0.2, -0.15) is 5.10 Å². The van der Waals surface area contributed by atoms with Crippen LogP contribution in [0.15, 0.2) is 54.7 Å². The summed E-state index contributed by atoms with van der Waals surface area (Å²) in [6, 6.07) is 16.1. The lowest BCUT2D eigenvalue weighted by molar-refractivity contribution is -0.137. The Hall–Kier alpha value is -2.62. The Balaban J connectivity index is 1.75. The first-order valence-electron chi connectivity index (χ1n) is 6.98. The highest BCUT2D eigenvalue weighted by molar-refractivity contribution is 5.78. The van der Waals surface area contributed by atoms with E-state index >= 15 is 0 Å². The van der Waals surface area contributed by atoms with E-state index in [2.05, 4.69) is 5.10 Å². The van der Waals surface area contributed by atoms with Crippen molar-refractivity contribution in [2.75, 3.05) is 0 Å². The van der Waals surface area contributed by atoms with Crippen LogP contribution < -0.4 is 0 Å². The molecular weight excluding hydrogens is 264 g/mol. The van der Waals surface area contributed by atoms with E-state index in [0.29, 0.717) is 6.42 Å². The van der Waals surface area contributed by atoms with Gasteiger partial charge in [0.1, 0.15) is 0 Å². The molecule has 0 saturated carbocycles. The molecule has 0 aliphatic heterocycles. The van der Waals surface area contributed by atoms with Crippen LogP contribution in [0.1, 0.15) is 18.4 Å². The molecule has 0 spiro atoms. The maximum atomic E-state index is 10.5. The monoisotopic (exact) mass is 280 g/mol. The summed E-state index contributed by atoms with van der Waals surface area (Å²) < 4.78 is 1.87. The fourth-order valence-electron chi connectivity index (χ4n) is 2.36. The van der Waals surface area contributed by atoms with Crippen molar-refractivity contribution in [1.82, 2.24) is 9.78 Å². The van der Waals surface area contributed by atoms with Gasteiger partial charge in [-0.3, -0.25) is 4.79 Å². The molecule has 0 bridgehead atoms. The molecule has 0 fully saturated rings. The van der Waals surface area contributed by atoms with Crippen LogP contribution in [0.3, 0.4) is 0 Å². The van der Waals surface area contributed by atoms with Crippen LogP contribution in [-0.4, -0.2) is 20.9 Å². The number of aliphatic carboxylic acids is 1. The Morgan fingerprint density at radius 2 is 1.86 bits per heavy atom. The summed E-state index contributed by atoms with van der Waals surface area (Å²) >= 11 is 0. The molecule has 0 unspecified atom stereocenters. The van der Waals surface area contributed by atoms with Gasteiger partial charge in [0.25, 0.3) is 0 Å². The van der Waals surface area contributed by atoms with Crippen LogP contribution in [0.25, 0.3) is 16.6 Å². The number of carboxylic acids is 1. The van der Waals surface area contributed by atoms with Gasteiger partial charge in [0.2, 0.25) is 0 Å². The normalized spacial score (nSPS) is 10.9. The maximum Gasteiger partial charge on any atom is 0.303 e. The first kappa shape index (κ1) is 13.4. The third kappa shape index (κ3) is 3.11. The molecule has 0 radical (unpaired) electrons. The Morgan fingerprint density at radius 1 is 1.10 bits per heavy atom. The molecule has 0 amide bonds. The predicted octanol–water partition coefficient (Wildman–Crippen LogP) is 3.43. The number of rotatable bonds is 5. The lowest BCUT2D eigenvalue weighted by atomic mass is 10.1. The quantitative estimate of drug-likeness (QED) is 0.779. The van der Waals surface area contributed by atoms with Crippen LogP contribution in [0.5, 0.6) is 0 Å². The Kier molecular flexibility index (Phi) is 3.69. The highest BCUT2D eigenvalue weighted by Gasteiger charge is 2.03. The highest BCUT2D eigenvalue weighted by Crippen LogP contribution is 2.16. The fourth-order valence-corrected chi connectivity index (χ4v) is 2.36. The Labute approximate surface area is 122 Å². The first-order valence-corrected chi connectivity index (χ1v) is 6.98. The van der Waals surface area contributed by atoms with Crippen LogP contribution in [-0.2, 0) is 11.2 Å². The van der Waals surface area contributed by atoms with Gasteiger partial charge in [0.05, 0.1) is 11.2 Å². The largest absolute Gasteiger partial charge is 0.481 e. The lowest BCUT2D eigenvalue weighted by Crippen LogP contribution is -1.97. The highest BCUT2D eigenvalue weighted by atomic mass is 16.4. The van der Waals surface area contributed by atoms with E-state index in [0.717, 1.165) is 28.6 Å². The Bertz CT molecular complexity index is 727. The minimum Gasteiger partial charge on any atom is -0.481 e. The van der Waals surface area contributed by atoms with Crippen molar-refractivity contribution in [1.29, 1.82) is 0 Å². The number of aryl methyl sites for hydroxylation is 1. The second kappa shape index (κ2) is 5.79. The number of aromatic nitrogens is 2. The number of fused-ring (bicyclic) bond motifs is 1. The number of hydrogen-bond donors (Lipinski definition) is 1. The van der Waals surface area contributed by atoms with Crippen LogP contribution in [0.2, 0.25) is 0 Å². The molecule has 4 heteroatoms. The van der Waals surface area contributed by atoms with Crippen molar-refractivity contribution in [2.45, 2.75) is 19.3 Å². The van der Waals surface area contributed by atoms with Crippen molar-refractivity contribution >= 4 is 16.9 Å². The molecule has 1 aromatic heterocycles. The van der Waals surface area contributed by atoms with E-state index in [1.54, 1.807) is 0 Å². The summed E-state index contributed by atoms with van der Waals surface area (Å²) in [6.45, 7) is 0. The zero-order valence-electron chi connectivity index (χ0n) is 11.6. The van der Waals surface area contributed by atoms with E-state index in [1.165, 1.54) is 0 Å². The topological polar surface area (TPSA) is 55.1 Å². The summed E-state index contributed by atoms with van der Waals surface area (Å²) in [5.41, 5.74) is 3.13. The molecule has 0 aliphatic carbocycles. The van der Waals surface area contributed by atoms with Gasteiger partial charge in [-0.1, -0.05) is 30.3 Å². The number of benzene rings is 2. The molecule has 4 nitrogen and oxygen atoms in total. The lowest BCUT2D eigenvalue weighted by Gasteiger charge is -2.03. The van der Waals surface area contributed by atoms with Crippen LogP contribution in [0, 0.1) is 0 Å². The SMILES string of the molecule is O=C(O)CCCc1ccc(-n2cc3ccccc3n2)cc1. The van der Waals surface area contributed by atoms with Crippen molar-refractivity contribution < 1.29 is 9.90 Å². The molecule has 3 rings (SSSR count). The summed E-state index contributed by atoms with van der Waals surface area (Å²) in [7, 11) is 0. The molecule has 1 N–H and O–H groups in total. The van der Waals surface area contributed by atoms with Gasteiger partial charge in [-0.05, 0) is 36.6 Å². The fraction of sp³-hybridized carbons (Fsp3) is 0.176. The van der Waals surface area contributed by atoms with Crippen molar-refractivity contribution in [3.8, 4) is 5.69 Å². The van der Waals surface area contributed by atoms with E-state index < -0.39 is 5.97 Å². The zero-order valence-corrected chi connectivity index (χ0v) is 11.6. The minimum absolute atomic E-state index is 0.215. The van der Waals surface area contributed by atoms with E-state index in [1.807, 2.05) is 59.4 Å². The third-order valence-corrected chi connectivity index (χ3v) is 3.47. The number of nitrogens with zero attached hydrogens (tertiary/aromatic N) is 2. The molecular formula is C17H16N2O2. The average molecular weight is 280 g/mol. The molecule has 3 aromatic rings. The van der Waals surface area contributed by atoms with E-state index in [9.17, 15) is 4.79 Å². The van der Waals surface area contributed by atoms with Crippen molar-refractivity contribution in [2.24, 2.45) is 0 Å². The molecule has 0 saturated heterocycles. The predicted molar refractivity (Wildman–Crippen MR) is 81.6 cm³/mol. The van der Waals surface area contributed by atoms with Gasteiger partial charge in [-0.15, -0.1) is 0 Å². The number of hydrogen-bond acceptors (Lipinski definition) is 2. The molecule has 106 valence electrons. The first-order chi connectivity index (χ1) is 10.2. The zero-order chi connectivity index (χ0) is 14.7. The third-order valence-electron chi connectivity index (χ3n) is 3.47. The standard InChI is InChI=1S/C17H16N2O2/c20-17(21)7-3-4-13-8-10-15(11-9-13)19-12-14-5-1-2-6-16(14)18-19/h1-2,5-6,8-12H,3-4,7H2,(H,20,21). The van der Waals surface area contributed by atoms with E-state index in [-0.39, 0.29) is 6.42 Å². The second-order valence-corrected chi connectivity index (χ2v) is 5.05. The van der Waals surface area contributed by atoms with Gasteiger partial charge in [-0.25, -0.2) is 4.68 Å². The number of carboxylic acid groups (broad SMARTS) is 1. The van der Waals surface area contributed by atoms with Gasteiger partial charge < -0.3 is 5.11 Å². The maximum absolute atomic E-state index is 10.5. The Morgan fingerprint density at radius 3 is 2.57 bits per heavy atom. The second-order valence-electron chi connectivity index (χ2n) is 5.05. The summed E-state index contributed by atoms with van der Waals surface area (Å²) in [4.78, 5) is 10.5. The van der Waals surface area contributed by atoms with Crippen LogP contribution >= 0.6 is 0 Å². The van der Waals surface area contributed by atoms with E-state index in [4.69, 9.17) is 5.11 Å². The molecule has 2 aromatic carbocycles. The molecule has 1 heterocycles. The van der Waals surface area contributed by atoms with Gasteiger partial charge in [0, 0.05) is 18.0 Å². The van der Waals surface area contributed by atoms with Gasteiger partial charge in [0.15, 0.2) is 0 Å². The van der Waals surface area contributed by atoms with Gasteiger partial charge >= 0.3 is 5.97 Å². The number of carbonyl (C=O) groups is 1. The summed E-state index contributed by atoms with van der Waals surface area (Å²) in [5, 5.41) is 14.3. The summed E-state index contributed by atoms with van der Waals surface area (Å²) in [5.74, 6) is -0.741. The smallest absolute Gasteiger partial charge is 0.303 e. The van der Waals surface area contributed by atoms with Crippen molar-refractivity contribution in [3.63, 3.8) is 0 Å². The minimum atomic E-state index is -0.741. The summed E-state index contributed by atoms with van der Waals surface area (Å²) in [6.07, 6.45) is 3.68. The molecule has 0 aliphatic rings. The van der Waals surface area contributed by atoms with Crippen molar-refractivity contribution in [3.05, 3.63) is 60.3 Å². The molecule has 21 heavy (non-hydrogen) atoms. The molecule has 0 atom stereocenters.